The minimum atomic E-state index is 0.436. The summed E-state index contributed by atoms with van der Waals surface area (Å²) >= 11 is 0. The number of nitrogens with one attached hydrogen (secondary N) is 1. The smallest absolute Gasteiger partial charge is 0.0561 e. The van der Waals surface area contributed by atoms with Gasteiger partial charge in [0.2, 0.25) is 0 Å². The van der Waals surface area contributed by atoms with Crippen molar-refractivity contribution in [2.75, 3.05) is 13.2 Å². The first-order chi connectivity index (χ1) is 6.33. The lowest BCUT2D eigenvalue weighted by atomic mass is 10.0. The van der Waals surface area contributed by atoms with E-state index in [1.54, 1.807) is 0 Å². The maximum Gasteiger partial charge on any atom is 0.0561 e. The SMILES string of the molecule is C=CCCCNC1CCOC(C)C1. The van der Waals surface area contributed by atoms with Crippen LogP contribution in [0.1, 0.15) is 32.6 Å². The number of unbranched alkanes of at least 4 members (excludes halogenated alkanes) is 1. The Kier molecular flexibility index (Phi) is 5.09. The average molecular weight is 183 g/mol. The largest absolute Gasteiger partial charge is 0.378 e. The van der Waals surface area contributed by atoms with Gasteiger partial charge in [0.25, 0.3) is 0 Å². The quantitative estimate of drug-likeness (QED) is 0.520. The van der Waals surface area contributed by atoms with Gasteiger partial charge in [0.05, 0.1) is 6.10 Å². The van der Waals surface area contributed by atoms with E-state index in [-0.39, 0.29) is 0 Å². The molecule has 1 fully saturated rings. The van der Waals surface area contributed by atoms with Crippen LogP contribution in [0.4, 0.5) is 0 Å². The van der Waals surface area contributed by atoms with Crippen LogP contribution < -0.4 is 5.32 Å². The number of ether oxygens (including phenoxy) is 1. The minimum absolute atomic E-state index is 0.436. The molecule has 0 saturated carbocycles. The summed E-state index contributed by atoms with van der Waals surface area (Å²) in [6, 6.07) is 0.675. The molecule has 13 heavy (non-hydrogen) atoms. The Labute approximate surface area is 81.4 Å². The molecule has 2 nitrogen and oxygen atoms in total. The highest BCUT2D eigenvalue weighted by Crippen LogP contribution is 2.12. The summed E-state index contributed by atoms with van der Waals surface area (Å²) in [5, 5.41) is 3.56. The van der Waals surface area contributed by atoms with Crippen molar-refractivity contribution in [1.29, 1.82) is 0 Å². The fraction of sp³-hybridized carbons (Fsp3) is 0.818. The monoisotopic (exact) mass is 183 g/mol. The molecule has 0 bridgehead atoms. The second-order valence-electron chi connectivity index (χ2n) is 3.79. The first kappa shape index (κ1) is 10.7. The predicted molar refractivity (Wildman–Crippen MR) is 55.9 cm³/mol. The second kappa shape index (κ2) is 6.17. The molecule has 1 rings (SSSR count). The molecule has 0 aliphatic carbocycles. The normalized spacial score (nSPS) is 28.7. The molecule has 2 heteroatoms. The van der Waals surface area contributed by atoms with E-state index in [0.29, 0.717) is 12.1 Å². The predicted octanol–water partition coefficient (Wildman–Crippen LogP) is 2.11. The lowest BCUT2D eigenvalue weighted by Crippen LogP contribution is -2.38. The van der Waals surface area contributed by atoms with Crippen LogP contribution in [0.15, 0.2) is 12.7 Å². The van der Waals surface area contributed by atoms with Gasteiger partial charge in [0.1, 0.15) is 0 Å². The third-order valence-corrected chi connectivity index (χ3v) is 2.50. The van der Waals surface area contributed by atoms with Crippen LogP contribution in [0.5, 0.6) is 0 Å². The Balaban J connectivity index is 2.03. The fourth-order valence-electron chi connectivity index (χ4n) is 1.74. The summed E-state index contributed by atoms with van der Waals surface area (Å²) in [6.45, 7) is 7.89. The summed E-state index contributed by atoms with van der Waals surface area (Å²) in [5.41, 5.74) is 0. The molecule has 1 aliphatic rings. The van der Waals surface area contributed by atoms with E-state index >= 15 is 0 Å². The first-order valence-corrected chi connectivity index (χ1v) is 5.29. The van der Waals surface area contributed by atoms with Gasteiger partial charge in [0.15, 0.2) is 0 Å². The summed E-state index contributed by atoms with van der Waals surface area (Å²) < 4.78 is 5.48. The molecule has 1 heterocycles. The van der Waals surface area contributed by atoms with Crippen molar-refractivity contribution in [3.8, 4) is 0 Å². The molecule has 0 aromatic rings. The maximum atomic E-state index is 5.48. The standard InChI is InChI=1S/C11H21NO/c1-3-4-5-7-12-11-6-8-13-10(2)9-11/h3,10-12H,1,4-9H2,2H3. The van der Waals surface area contributed by atoms with E-state index in [2.05, 4.69) is 18.8 Å². The zero-order chi connectivity index (χ0) is 9.52. The van der Waals surface area contributed by atoms with Crippen LogP contribution in [-0.4, -0.2) is 25.3 Å². The molecule has 2 atom stereocenters. The van der Waals surface area contributed by atoms with Crippen LogP contribution in [0.2, 0.25) is 0 Å². The number of hydrogen-bond acceptors (Lipinski definition) is 2. The highest BCUT2D eigenvalue weighted by atomic mass is 16.5. The van der Waals surface area contributed by atoms with Gasteiger partial charge in [-0.1, -0.05) is 6.08 Å². The highest BCUT2D eigenvalue weighted by Gasteiger charge is 2.17. The molecule has 0 aromatic heterocycles. The lowest BCUT2D eigenvalue weighted by molar-refractivity contribution is 0.0134. The number of rotatable bonds is 5. The Morgan fingerprint density at radius 2 is 2.46 bits per heavy atom. The van der Waals surface area contributed by atoms with Crippen LogP contribution in [0.25, 0.3) is 0 Å². The van der Waals surface area contributed by atoms with Gasteiger partial charge in [-0.15, -0.1) is 6.58 Å². The van der Waals surface area contributed by atoms with E-state index in [9.17, 15) is 0 Å². The van der Waals surface area contributed by atoms with Crippen LogP contribution >= 0.6 is 0 Å². The molecular weight excluding hydrogens is 162 g/mol. The molecule has 2 unspecified atom stereocenters. The van der Waals surface area contributed by atoms with Gasteiger partial charge >= 0.3 is 0 Å². The second-order valence-corrected chi connectivity index (χ2v) is 3.79. The van der Waals surface area contributed by atoms with Gasteiger partial charge in [0, 0.05) is 12.6 Å². The third kappa shape index (κ3) is 4.44. The molecule has 0 amide bonds. The summed E-state index contributed by atoms with van der Waals surface area (Å²) in [7, 11) is 0. The van der Waals surface area contributed by atoms with Crippen molar-refractivity contribution in [3.63, 3.8) is 0 Å². The molecule has 0 radical (unpaired) electrons. The van der Waals surface area contributed by atoms with Crippen molar-refractivity contribution < 1.29 is 4.74 Å². The molecule has 76 valence electrons. The Bertz CT molecular complexity index is 147. The van der Waals surface area contributed by atoms with E-state index in [0.717, 1.165) is 26.0 Å². The molecule has 0 aromatic carbocycles. The molecule has 0 spiro atoms. The lowest BCUT2D eigenvalue weighted by Gasteiger charge is -2.28. The van der Waals surface area contributed by atoms with E-state index in [1.807, 2.05) is 6.08 Å². The van der Waals surface area contributed by atoms with Crippen molar-refractivity contribution in [2.45, 2.75) is 44.8 Å². The Morgan fingerprint density at radius 3 is 3.15 bits per heavy atom. The van der Waals surface area contributed by atoms with Gasteiger partial charge in [-0.3, -0.25) is 0 Å². The average Bonchev–Trinajstić information content (AvgIpc) is 2.13. The summed E-state index contributed by atoms with van der Waals surface area (Å²) in [6.07, 6.45) is 7.06. The molecule has 1 N–H and O–H groups in total. The Hall–Kier alpha value is -0.340. The van der Waals surface area contributed by atoms with Crippen molar-refractivity contribution in [2.24, 2.45) is 0 Å². The van der Waals surface area contributed by atoms with E-state index < -0.39 is 0 Å². The molecule has 1 saturated heterocycles. The third-order valence-electron chi connectivity index (χ3n) is 2.50. The Morgan fingerprint density at radius 1 is 1.62 bits per heavy atom. The van der Waals surface area contributed by atoms with Gasteiger partial charge in [-0.2, -0.15) is 0 Å². The first-order valence-electron chi connectivity index (χ1n) is 5.29. The van der Waals surface area contributed by atoms with E-state index in [1.165, 1.54) is 12.8 Å². The number of allylic oxidation sites excluding steroid dienone is 1. The highest BCUT2D eigenvalue weighted by molar-refractivity contribution is 4.75. The van der Waals surface area contributed by atoms with Crippen molar-refractivity contribution in [1.82, 2.24) is 5.32 Å². The zero-order valence-corrected chi connectivity index (χ0v) is 8.59. The van der Waals surface area contributed by atoms with Gasteiger partial charge < -0.3 is 10.1 Å². The van der Waals surface area contributed by atoms with Crippen LogP contribution in [0.3, 0.4) is 0 Å². The zero-order valence-electron chi connectivity index (χ0n) is 8.59. The van der Waals surface area contributed by atoms with Gasteiger partial charge in [-0.25, -0.2) is 0 Å². The minimum Gasteiger partial charge on any atom is -0.378 e. The molecular formula is C11H21NO. The van der Waals surface area contributed by atoms with Gasteiger partial charge in [-0.05, 0) is 39.2 Å². The summed E-state index contributed by atoms with van der Waals surface area (Å²) in [4.78, 5) is 0. The van der Waals surface area contributed by atoms with Crippen molar-refractivity contribution >= 4 is 0 Å². The van der Waals surface area contributed by atoms with Crippen LogP contribution in [-0.2, 0) is 4.74 Å². The topological polar surface area (TPSA) is 21.3 Å². The fourth-order valence-corrected chi connectivity index (χ4v) is 1.74. The summed E-state index contributed by atoms with van der Waals surface area (Å²) in [5.74, 6) is 0. The maximum absolute atomic E-state index is 5.48. The van der Waals surface area contributed by atoms with Crippen molar-refractivity contribution in [3.05, 3.63) is 12.7 Å². The number of hydrogen-bond donors (Lipinski definition) is 1. The van der Waals surface area contributed by atoms with Crippen LogP contribution in [0, 0.1) is 0 Å². The van der Waals surface area contributed by atoms with E-state index in [4.69, 9.17) is 4.74 Å². The molecule has 1 aliphatic heterocycles.